The number of hydrogen-bond donors (Lipinski definition) is 0. The maximum Gasteiger partial charge on any atom is 0.419 e. The van der Waals surface area contributed by atoms with Crippen LogP contribution in [0.5, 0.6) is 0 Å². The van der Waals surface area contributed by atoms with Crippen molar-refractivity contribution in [1.29, 1.82) is 0 Å². The Labute approximate surface area is 246 Å². The minimum atomic E-state index is -4.76. The number of carbonyl (C=O) groups is 1. The van der Waals surface area contributed by atoms with Gasteiger partial charge in [0.25, 0.3) is 0 Å². The average Bonchev–Trinajstić information content (AvgIpc) is 3.40. The number of likely N-dealkylation sites (tertiary alicyclic amines) is 1. The molecule has 0 unspecified atom stereocenters. The Bertz CT molecular complexity index is 1390. The molecule has 3 heterocycles. The number of rotatable bonds is 5. The summed E-state index contributed by atoms with van der Waals surface area (Å²) in [5.41, 5.74) is 1.07. The van der Waals surface area contributed by atoms with Crippen molar-refractivity contribution in [3.63, 3.8) is 0 Å². The third kappa shape index (κ3) is 6.55. The molecule has 0 spiro atoms. The van der Waals surface area contributed by atoms with Gasteiger partial charge in [0.15, 0.2) is 0 Å². The molecule has 2 aliphatic heterocycles. The zero-order valence-corrected chi connectivity index (χ0v) is 23.8. The highest BCUT2D eigenvalue weighted by molar-refractivity contribution is 6.42. The molecule has 2 aromatic carbocycles. The van der Waals surface area contributed by atoms with E-state index in [2.05, 4.69) is 9.88 Å². The second kappa shape index (κ2) is 12.0. The van der Waals surface area contributed by atoms with E-state index in [1.807, 2.05) is 39.9 Å². The highest BCUT2D eigenvalue weighted by Gasteiger charge is 2.40. The Morgan fingerprint density at radius 2 is 1.66 bits per heavy atom. The van der Waals surface area contributed by atoms with Gasteiger partial charge in [-0.05, 0) is 54.6 Å². The number of nitrogens with zero attached hydrogens (tertiary/aromatic N) is 5. The van der Waals surface area contributed by atoms with Gasteiger partial charge in [-0.15, -0.1) is 0 Å². The topological polar surface area (TPSA) is 42.9 Å². The summed E-state index contributed by atoms with van der Waals surface area (Å²) in [6, 6.07) is 12.0. The van der Waals surface area contributed by atoms with Gasteiger partial charge in [-0.2, -0.15) is 13.2 Å². The smallest absolute Gasteiger partial charge is 0.368 e. The summed E-state index contributed by atoms with van der Waals surface area (Å²) in [5.74, 6) is -1.45. The van der Waals surface area contributed by atoms with Crippen LogP contribution >= 0.6 is 23.2 Å². The number of alkyl halides is 3. The maximum absolute atomic E-state index is 14.3. The lowest BCUT2D eigenvalue weighted by Gasteiger charge is -2.37. The van der Waals surface area contributed by atoms with E-state index in [9.17, 15) is 22.4 Å². The Morgan fingerprint density at radius 1 is 0.951 bits per heavy atom. The minimum Gasteiger partial charge on any atom is -0.368 e. The number of amides is 2. The molecule has 0 saturated carbocycles. The van der Waals surface area contributed by atoms with E-state index in [0.29, 0.717) is 54.9 Å². The van der Waals surface area contributed by atoms with Gasteiger partial charge >= 0.3 is 12.2 Å². The molecule has 3 aromatic rings. The summed E-state index contributed by atoms with van der Waals surface area (Å²) in [7, 11) is 1.83. The fourth-order valence-electron chi connectivity index (χ4n) is 5.66. The molecule has 1 aromatic heterocycles. The van der Waals surface area contributed by atoms with E-state index < -0.39 is 17.6 Å². The standard InChI is InChI=1S/C29H29Cl2F4N5O/c1-37(16-19-2-4-23(26(32)14-19)29(33,34)35)27-18-40(17-22(27)20-3-5-24(30)25(31)15-20)28(41)39-12-10-38(11-13-39)21-6-8-36-9-7-21/h2-9,14-15,22,27H,10-13,16-18H2,1H3/t22-,27-/m1/s1. The van der Waals surface area contributed by atoms with Crippen molar-refractivity contribution in [3.05, 3.63) is 93.5 Å². The van der Waals surface area contributed by atoms with Gasteiger partial charge in [0.05, 0.1) is 15.6 Å². The van der Waals surface area contributed by atoms with Crippen LogP contribution in [0, 0.1) is 5.82 Å². The second-order valence-corrected chi connectivity index (χ2v) is 11.3. The summed E-state index contributed by atoms with van der Waals surface area (Å²) in [6.45, 7) is 3.56. The van der Waals surface area contributed by atoms with Gasteiger partial charge in [0, 0.05) is 75.9 Å². The van der Waals surface area contributed by atoms with Crippen molar-refractivity contribution < 1.29 is 22.4 Å². The quantitative estimate of drug-likeness (QED) is 0.315. The molecule has 2 aliphatic rings. The fraction of sp³-hybridized carbons (Fsp3) is 0.379. The molecule has 12 heteroatoms. The number of carbonyl (C=O) groups excluding carboxylic acids is 1. The number of urea groups is 1. The molecule has 0 aliphatic carbocycles. The molecular formula is C29H29Cl2F4N5O. The molecule has 2 amide bonds. The van der Waals surface area contributed by atoms with Crippen LogP contribution in [-0.2, 0) is 12.7 Å². The Kier molecular flexibility index (Phi) is 8.63. The fourth-order valence-corrected chi connectivity index (χ4v) is 5.97. The Morgan fingerprint density at radius 3 is 2.29 bits per heavy atom. The lowest BCUT2D eigenvalue weighted by molar-refractivity contribution is -0.140. The van der Waals surface area contributed by atoms with Crippen molar-refractivity contribution in [2.45, 2.75) is 24.7 Å². The van der Waals surface area contributed by atoms with Gasteiger partial charge in [0.2, 0.25) is 0 Å². The molecule has 0 bridgehead atoms. The van der Waals surface area contributed by atoms with Crippen molar-refractivity contribution in [1.82, 2.24) is 19.7 Å². The third-order valence-electron chi connectivity index (χ3n) is 7.85. The predicted molar refractivity (Wildman–Crippen MR) is 151 cm³/mol. The number of aromatic nitrogens is 1. The van der Waals surface area contributed by atoms with Crippen molar-refractivity contribution >= 4 is 34.9 Å². The van der Waals surface area contributed by atoms with Crippen LogP contribution in [0.2, 0.25) is 10.0 Å². The zero-order valence-electron chi connectivity index (χ0n) is 22.3. The molecular weight excluding hydrogens is 581 g/mol. The Hall–Kier alpha value is -3.08. The molecule has 218 valence electrons. The number of pyridine rings is 1. The van der Waals surface area contributed by atoms with E-state index in [0.717, 1.165) is 23.4 Å². The van der Waals surface area contributed by atoms with Gasteiger partial charge in [-0.3, -0.25) is 9.88 Å². The summed E-state index contributed by atoms with van der Waals surface area (Å²) >= 11 is 12.5. The van der Waals surface area contributed by atoms with Crippen LogP contribution in [0.4, 0.5) is 28.0 Å². The first-order valence-electron chi connectivity index (χ1n) is 13.2. The van der Waals surface area contributed by atoms with E-state index >= 15 is 0 Å². The Balaban J connectivity index is 1.32. The predicted octanol–water partition coefficient (Wildman–Crippen LogP) is 6.39. The van der Waals surface area contributed by atoms with Crippen LogP contribution in [-0.4, -0.2) is 78.1 Å². The van der Waals surface area contributed by atoms with Crippen LogP contribution in [0.15, 0.2) is 60.9 Å². The molecule has 0 radical (unpaired) electrons. The normalized spacial score (nSPS) is 19.8. The largest absolute Gasteiger partial charge is 0.419 e. The van der Waals surface area contributed by atoms with Gasteiger partial charge in [0.1, 0.15) is 5.82 Å². The molecule has 5 rings (SSSR count). The summed E-state index contributed by atoms with van der Waals surface area (Å²) in [4.78, 5) is 25.5. The molecule has 41 heavy (non-hydrogen) atoms. The molecule has 2 fully saturated rings. The van der Waals surface area contributed by atoms with Crippen molar-refractivity contribution in [3.8, 4) is 0 Å². The maximum atomic E-state index is 14.3. The van der Waals surface area contributed by atoms with E-state index in [-0.39, 0.29) is 24.5 Å². The number of halogens is 6. The second-order valence-electron chi connectivity index (χ2n) is 10.4. The molecule has 2 saturated heterocycles. The highest BCUT2D eigenvalue weighted by atomic mass is 35.5. The van der Waals surface area contributed by atoms with Crippen LogP contribution in [0.25, 0.3) is 0 Å². The molecule has 2 atom stereocenters. The molecule has 6 nitrogen and oxygen atoms in total. The highest BCUT2D eigenvalue weighted by Crippen LogP contribution is 2.36. The van der Waals surface area contributed by atoms with Gasteiger partial charge in [-0.25, -0.2) is 9.18 Å². The number of piperazine rings is 1. The van der Waals surface area contributed by atoms with Gasteiger partial charge in [-0.1, -0.05) is 35.3 Å². The van der Waals surface area contributed by atoms with Crippen molar-refractivity contribution in [2.75, 3.05) is 51.2 Å². The summed E-state index contributed by atoms with van der Waals surface area (Å²) < 4.78 is 53.4. The lowest BCUT2D eigenvalue weighted by Crippen LogP contribution is -2.52. The van der Waals surface area contributed by atoms with E-state index in [4.69, 9.17) is 23.2 Å². The average molecular weight is 610 g/mol. The van der Waals surface area contributed by atoms with Crippen LogP contribution in [0.3, 0.4) is 0 Å². The minimum absolute atomic E-state index is 0.0686. The van der Waals surface area contributed by atoms with E-state index in [1.165, 1.54) is 6.07 Å². The SMILES string of the molecule is CN(Cc1ccc(C(F)(F)F)c(F)c1)[C@@H]1CN(C(=O)N2CCN(c3ccncc3)CC2)C[C@@H]1c1ccc(Cl)c(Cl)c1. The summed E-state index contributed by atoms with van der Waals surface area (Å²) in [5, 5.41) is 0.811. The number of hydrogen-bond acceptors (Lipinski definition) is 4. The zero-order chi connectivity index (χ0) is 29.3. The van der Waals surface area contributed by atoms with Gasteiger partial charge < -0.3 is 14.7 Å². The molecule has 0 N–H and O–H groups in total. The number of likely N-dealkylation sites (N-methyl/N-ethyl adjacent to an activating group) is 1. The number of anilines is 1. The lowest BCUT2D eigenvalue weighted by atomic mass is 9.93. The van der Waals surface area contributed by atoms with Crippen LogP contribution < -0.4 is 4.90 Å². The van der Waals surface area contributed by atoms with Crippen LogP contribution in [0.1, 0.15) is 22.6 Å². The number of benzene rings is 2. The summed E-state index contributed by atoms with van der Waals surface area (Å²) in [6.07, 6.45) is -1.27. The third-order valence-corrected chi connectivity index (χ3v) is 8.59. The first kappa shape index (κ1) is 29.4. The van der Waals surface area contributed by atoms with Crippen molar-refractivity contribution in [2.24, 2.45) is 0 Å². The monoisotopic (exact) mass is 609 g/mol. The van der Waals surface area contributed by atoms with E-state index in [1.54, 1.807) is 24.5 Å². The first-order chi connectivity index (χ1) is 19.5. The first-order valence-corrected chi connectivity index (χ1v) is 14.0.